The van der Waals surface area contributed by atoms with Crippen molar-refractivity contribution in [1.82, 2.24) is 9.88 Å². The number of phenolic OH excluding ortho intramolecular Hbond substituents is 1. The molecule has 3 aromatic rings. The number of phenols is 1. The lowest BCUT2D eigenvalue weighted by Crippen LogP contribution is -2.42. The second kappa shape index (κ2) is 9.79. The lowest BCUT2D eigenvalue weighted by atomic mass is 9.68. The van der Waals surface area contributed by atoms with Gasteiger partial charge >= 0.3 is 4.87 Å². The Kier molecular flexibility index (Phi) is 6.38. The largest absolute Gasteiger partial charge is 0.508 e. The maximum Gasteiger partial charge on any atom is 0.305 e. The van der Waals surface area contributed by atoms with Crippen LogP contribution < -0.4 is 15.3 Å². The number of H-pyrrole nitrogens is 1. The molecule has 0 radical (unpaired) electrons. The van der Waals surface area contributed by atoms with E-state index in [1.165, 1.54) is 40.5 Å². The fraction of sp³-hybridized carbons (Fsp3) is 0.357. The number of nitrogens with one attached hydrogen (secondary N) is 2. The van der Waals surface area contributed by atoms with Gasteiger partial charge in [-0.05, 0) is 66.1 Å². The first kappa shape index (κ1) is 27.4. The molecular formula is C28H26N4O7S3. The molecule has 0 spiro atoms. The topological polar surface area (TPSA) is 180 Å². The third-order valence-corrected chi connectivity index (χ3v) is 12.6. The molecule has 7 atom stereocenters. The number of carbonyl (C=O) groups is 3. The lowest BCUT2D eigenvalue weighted by Gasteiger charge is -2.43. The van der Waals surface area contributed by atoms with Crippen LogP contribution in [0.4, 0.5) is 5.69 Å². The van der Waals surface area contributed by atoms with E-state index in [-0.39, 0.29) is 69.2 Å². The normalized spacial score (nSPS) is 29.4. The number of thioether (sulfide) groups is 1. The molecule has 3 heterocycles. The highest BCUT2D eigenvalue weighted by atomic mass is 32.2. The van der Waals surface area contributed by atoms with E-state index in [2.05, 4.69) is 10.3 Å². The van der Waals surface area contributed by atoms with Gasteiger partial charge in [-0.25, -0.2) is 13.6 Å². The average Bonchev–Trinajstić information content (AvgIpc) is 3.67. The maximum atomic E-state index is 13.7. The number of thiazole rings is 1. The minimum atomic E-state index is -3.86. The number of benzene rings is 2. The van der Waals surface area contributed by atoms with E-state index < -0.39 is 27.8 Å². The number of hydrogen-bond acceptors (Lipinski definition) is 9. The maximum absolute atomic E-state index is 13.7. The fourth-order valence-corrected chi connectivity index (χ4v) is 10.9. The van der Waals surface area contributed by atoms with Crippen molar-refractivity contribution < 1.29 is 27.9 Å². The van der Waals surface area contributed by atoms with Gasteiger partial charge in [-0.1, -0.05) is 23.5 Å². The Hall–Kier alpha value is -3.46. The van der Waals surface area contributed by atoms with Crippen molar-refractivity contribution in [3.05, 3.63) is 68.6 Å². The number of nitrogens with zero attached hydrogens (tertiary/aromatic N) is 1. The van der Waals surface area contributed by atoms with Gasteiger partial charge in [-0.15, -0.1) is 11.8 Å². The molecule has 5 N–H and O–H groups in total. The van der Waals surface area contributed by atoms with Crippen LogP contribution in [0.25, 0.3) is 0 Å². The molecule has 7 unspecified atom stereocenters. The number of rotatable bonds is 6. The van der Waals surface area contributed by atoms with Crippen molar-refractivity contribution in [2.45, 2.75) is 33.9 Å². The smallest absolute Gasteiger partial charge is 0.305 e. The zero-order chi connectivity index (χ0) is 29.5. The highest BCUT2D eigenvalue weighted by Gasteiger charge is 2.69. The van der Waals surface area contributed by atoms with Crippen LogP contribution in [0.2, 0.25) is 0 Å². The molecule has 42 heavy (non-hydrogen) atoms. The van der Waals surface area contributed by atoms with E-state index in [0.29, 0.717) is 5.69 Å². The highest BCUT2D eigenvalue weighted by Crippen LogP contribution is 2.68. The highest BCUT2D eigenvalue weighted by molar-refractivity contribution is 8.00. The summed E-state index contributed by atoms with van der Waals surface area (Å²) < 4.78 is 22.9. The Morgan fingerprint density at radius 2 is 1.69 bits per heavy atom. The van der Waals surface area contributed by atoms with Crippen LogP contribution in [0.1, 0.15) is 29.2 Å². The van der Waals surface area contributed by atoms with Crippen molar-refractivity contribution >= 4 is 56.5 Å². The van der Waals surface area contributed by atoms with Crippen molar-refractivity contribution in [2.24, 2.45) is 34.7 Å². The van der Waals surface area contributed by atoms with Crippen LogP contribution in [0, 0.1) is 29.6 Å². The van der Waals surface area contributed by atoms with Crippen LogP contribution in [0.5, 0.6) is 5.75 Å². The molecule has 1 saturated heterocycles. The summed E-state index contributed by atoms with van der Waals surface area (Å²) in [6.07, 6.45) is 0.658. The molecule has 1 aromatic heterocycles. The first-order valence-electron chi connectivity index (χ1n) is 13.5. The van der Waals surface area contributed by atoms with Gasteiger partial charge in [-0.2, -0.15) is 0 Å². The van der Waals surface area contributed by atoms with E-state index >= 15 is 0 Å². The standard InChI is InChI=1S/C28H26N4O7S3/c29-42(38,39)15-7-3-13(4-8-15)30-18(34)9-10-32-26(35)21-16-11-17(22(21)27(32)36)23-20(16)19(12-1-5-14(33)6-2-12)24-25(40-23)31-28(37)41-24/h1-8,16-17,19-23,33H,9-11H2,(H,30,34)(H,31,37)(H2,29,38,39). The van der Waals surface area contributed by atoms with Crippen LogP contribution in [-0.4, -0.2) is 52.9 Å². The second-order valence-electron chi connectivity index (χ2n) is 11.2. The quantitative estimate of drug-likeness (QED) is 0.301. The Bertz CT molecular complexity index is 1780. The molecule has 218 valence electrons. The van der Waals surface area contributed by atoms with E-state index in [0.717, 1.165) is 21.9 Å². The zero-order valence-electron chi connectivity index (χ0n) is 21.9. The first-order chi connectivity index (χ1) is 20.0. The Morgan fingerprint density at radius 1 is 1.02 bits per heavy atom. The number of sulfonamides is 1. The molecule has 14 heteroatoms. The van der Waals surface area contributed by atoms with Gasteiger partial charge < -0.3 is 15.4 Å². The lowest BCUT2D eigenvalue weighted by molar-refractivity contribution is -0.141. The molecule has 4 aliphatic rings. The molecule has 2 saturated carbocycles. The molecule has 2 aromatic carbocycles. The number of imide groups is 1. The number of nitrogens with two attached hydrogens (primary N) is 1. The number of aromatic nitrogens is 1. The molecule has 2 aliphatic carbocycles. The monoisotopic (exact) mass is 626 g/mol. The molecule has 3 fully saturated rings. The van der Waals surface area contributed by atoms with Crippen LogP contribution in [-0.2, 0) is 24.4 Å². The summed E-state index contributed by atoms with van der Waals surface area (Å²) in [6.45, 7) is -0.0459. The van der Waals surface area contributed by atoms with E-state index in [1.54, 1.807) is 23.9 Å². The molecule has 11 nitrogen and oxygen atoms in total. The number of fused-ring (bicyclic) bond motifs is 9. The zero-order valence-corrected chi connectivity index (χ0v) is 24.4. The van der Waals surface area contributed by atoms with Gasteiger partial charge in [0, 0.05) is 34.7 Å². The van der Waals surface area contributed by atoms with Gasteiger partial charge in [0.1, 0.15) is 5.75 Å². The van der Waals surface area contributed by atoms with Crippen molar-refractivity contribution in [1.29, 1.82) is 0 Å². The average molecular weight is 627 g/mol. The SMILES string of the molecule is NS(=O)(=O)c1ccc(NC(=O)CCN2C(=O)C3C4CC(C3C2=O)C2C(c3ccc(O)cc3)c3sc(=O)[nH]c3SC42)cc1. The number of aromatic amines is 1. The number of hydrogen-bond donors (Lipinski definition) is 4. The number of carbonyl (C=O) groups excluding carboxylic acids is 3. The number of aromatic hydroxyl groups is 1. The molecule has 3 amide bonds. The van der Waals surface area contributed by atoms with E-state index in [4.69, 9.17) is 5.14 Å². The third kappa shape index (κ3) is 4.31. The van der Waals surface area contributed by atoms with Gasteiger partial charge in [0.15, 0.2) is 0 Å². The Labute approximate surface area is 248 Å². The number of primary sulfonamides is 1. The molecule has 2 aliphatic heterocycles. The van der Waals surface area contributed by atoms with Crippen LogP contribution in [0.15, 0.2) is 63.2 Å². The van der Waals surface area contributed by atoms with Crippen molar-refractivity contribution in [2.75, 3.05) is 11.9 Å². The summed E-state index contributed by atoms with van der Waals surface area (Å²) in [4.78, 5) is 57.2. The van der Waals surface area contributed by atoms with Crippen LogP contribution >= 0.6 is 23.1 Å². The Balaban J connectivity index is 1.10. The Morgan fingerprint density at radius 3 is 2.36 bits per heavy atom. The summed E-state index contributed by atoms with van der Waals surface area (Å²) in [5.41, 5.74) is 1.33. The number of likely N-dealkylation sites (tertiary alicyclic amines) is 1. The number of amides is 3. The molecule has 7 rings (SSSR count). The van der Waals surface area contributed by atoms with Gasteiger partial charge in [0.2, 0.25) is 27.7 Å². The first-order valence-corrected chi connectivity index (χ1v) is 16.7. The second-order valence-corrected chi connectivity index (χ2v) is 15.0. The van der Waals surface area contributed by atoms with E-state index in [1.807, 2.05) is 12.1 Å². The van der Waals surface area contributed by atoms with Gasteiger partial charge in [0.25, 0.3) is 0 Å². The molecule has 2 bridgehead atoms. The molecular weight excluding hydrogens is 601 g/mol. The summed E-state index contributed by atoms with van der Waals surface area (Å²) in [5.74, 6) is -1.83. The number of anilines is 1. The fourth-order valence-electron chi connectivity index (χ4n) is 7.52. The summed E-state index contributed by atoms with van der Waals surface area (Å²) in [5, 5.41) is 18.5. The van der Waals surface area contributed by atoms with Gasteiger partial charge in [-0.3, -0.25) is 24.1 Å². The van der Waals surface area contributed by atoms with E-state index in [9.17, 15) is 32.7 Å². The summed E-state index contributed by atoms with van der Waals surface area (Å²) in [7, 11) is -3.86. The van der Waals surface area contributed by atoms with Gasteiger partial charge in [0.05, 0.1) is 21.8 Å². The summed E-state index contributed by atoms with van der Waals surface area (Å²) >= 11 is 2.78. The third-order valence-electron chi connectivity index (χ3n) is 9.10. The van der Waals surface area contributed by atoms with Crippen molar-refractivity contribution in [3.8, 4) is 5.75 Å². The van der Waals surface area contributed by atoms with Crippen LogP contribution in [0.3, 0.4) is 0 Å². The van der Waals surface area contributed by atoms with Crippen molar-refractivity contribution in [3.63, 3.8) is 0 Å². The predicted octanol–water partition coefficient (Wildman–Crippen LogP) is 2.29. The minimum absolute atomic E-state index is 0.0289. The minimum Gasteiger partial charge on any atom is -0.508 e. The summed E-state index contributed by atoms with van der Waals surface area (Å²) in [6, 6.07) is 12.4. The predicted molar refractivity (Wildman–Crippen MR) is 154 cm³/mol.